The molecular formula is C7H13BrN2O4. The number of rotatable bonds is 7. The Kier molecular flexibility index (Phi) is 6.43. The van der Waals surface area contributed by atoms with E-state index in [1.165, 1.54) is 0 Å². The monoisotopic (exact) mass is 268 g/mol. The predicted molar refractivity (Wildman–Crippen MR) is 52.9 cm³/mol. The van der Waals surface area contributed by atoms with E-state index in [-0.39, 0.29) is 6.42 Å². The van der Waals surface area contributed by atoms with Crippen molar-refractivity contribution in [1.82, 2.24) is 4.34 Å². The third-order valence-corrected chi connectivity index (χ3v) is 2.31. The van der Waals surface area contributed by atoms with E-state index in [1.54, 1.807) is 0 Å². The van der Waals surface area contributed by atoms with Crippen LogP contribution in [0.15, 0.2) is 0 Å². The fourth-order valence-electron chi connectivity index (χ4n) is 0.890. The van der Waals surface area contributed by atoms with Crippen LogP contribution in [0.2, 0.25) is 0 Å². The van der Waals surface area contributed by atoms with Gasteiger partial charge in [-0.05, 0) is 19.3 Å². The standard InChI is InChI=1S/C7H13BrN2O4/c8-10-5(7(13)14)3-1-2-4(9)6(11)12/h4-5,10H,1-3,9H2,(H,11,12)(H,13,14). The summed E-state index contributed by atoms with van der Waals surface area (Å²) < 4.78 is 2.43. The molecule has 0 saturated heterocycles. The first-order valence-corrected chi connectivity index (χ1v) is 4.85. The van der Waals surface area contributed by atoms with Gasteiger partial charge in [0, 0.05) is 16.1 Å². The number of carboxylic acids is 2. The first-order valence-electron chi connectivity index (χ1n) is 4.06. The van der Waals surface area contributed by atoms with Crippen molar-refractivity contribution in [2.75, 3.05) is 0 Å². The molecule has 6 nitrogen and oxygen atoms in total. The molecule has 2 atom stereocenters. The minimum Gasteiger partial charge on any atom is -0.480 e. The molecule has 0 aliphatic carbocycles. The molecule has 0 aromatic rings. The van der Waals surface area contributed by atoms with Crippen molar-refractivity contribution in [1.29, 1.82) is 0 Å². The van der Waals surface area contributed by atoms with Crippen LogP contribution in [0.5, 0.6) is 0 Å². The minimum absolute atomic E-state index is 0.272. The van der Waals surface area contributed by atoms with Crippen molar-refractivity contribution in [2.24, 2.45) is 5.73 Å². The highest BCUT2D eigenvalue weighted by Crippen LogP contribution is 2.04. The first kappa shape index (κ1) is 13.3. The molecule has 0 rings (SSSR count). The Bertz CT molecular complexity index is 212. The van der Waals surface area contributed by atoms with Crippen molar-refractivity contribution in [3.8, 4) is 0 Å². The van der Waals surface area contributed by atoms with Gasteiger partial charge in [-0.2, -0.15) is 0 Å². The molecule has 2 unspecified atom stereocenters. The topological polar surface area (TPSA) is 113 Å². The summed E-state index contributed by atoms with van der Waals surface area (Å²) in [4.78, 5) is 20.8. The van der Waals surface area contributed by atoms with Crippen LogP contribution in [0.3, 0.4) is 0 Å². The molecule has 0 bridgehead atoms. The lowest BCUT2D eigenvalue weighted by Gasteiger charge is -2.10. The van der Waals surface area contributed by atoms with E-state index in [2.05, 4.69) is 20.5 Å². The Balaban J connectivity index is 3.71. The molecule has 0 heterocycles. The van der Waals surface area contributed by atoms with Gasteiger partial charge >= 0.3 is 11.9 Å². The predicted octanol–water partition coefficient (Wildman–Crippen LogP) is -0.0787. The highest BCUT2D eigenvalue weighted by Gasteiger charge is 2.17. The molecule has 0 aromatic carbocycles. The molecule has 7 heteroatoms. The van der Waals surface area contributed by atoms with Gasteiger partial charge in [-0.15, -0.1) is 0 Å². The minimum atomic E-state index is -1.07. The molecule has 0 fully saturated rings. The Morgan fingerprint density at radius 3 is 2.21 bits per heavy atom. The number of nitrogens with two attached hydrogens (primary N) is 1. The second kappa shape index (κ2) is 6.74. The van der Waals surface area contributed by atoms with Crippen molar-refractivity contribution < 1.29 is 19.8 Å². The molecular weight excluding hydrogens is 256 g/mol. The summed E-state index contributed by atoms with van der Waals surface area (Å²) in [6, 6.07) is -1.63. The van der Waals surface area contributed by atoms with E-state index < -0.39 is 24.0 Å². The fourth-order valence-corrected chi connectivity index (χ4v) is 1.31. The average molecular weight is 269 g/mol. The average Bonchev–Trinajstić information content (AvgIpc) is 2.11. The molecule has 5 N–H and O–H groups in total. The number of aliphatic carboxylic acids is 2. The summed E-state index contributed by atoms with van der Waals surface area (Å²) >= 11 is 2.83. The normalized spacial score (nSPS) is 14.7. The van der Waals surface area contributed by atoms with Crippen LogP contribution in [-0.4, -0.2) is 34.2 Å². The Morgan fingerprint density at radius 1 is 1.29 bits per heavy atom. The summed E-state index contributed by atoms with van der Waals surface area (Å²) in [6.45, 7) is 0. The molecule has 0 saturated carbocycles. The smallest absolute Gasteiger partial charge is 0.321 e. The third kappa shape index (κ3) is 5.15. The molecule has 0 aromatic heterocycles. The maximum Gasteiger partial charge on any atom is 0.321 e. The lowest BCUT2D eigenvalue weighted by molar-refractivity contribution is -0.139. The van der Waals surface area contributed by atoms with Gasteiger partial charge in [-0.25, -0.2) is 4.34 Å². The number of halogens is 1. The van der Waals surface area contributed by atoms with E-state index in [0.29, 0.717) is 12.8 Å². The van der Waals surface area contributed by atoms with Crippen LogP contribution < -0.4 is 10.1 Å². The molecule has 0 amide bonds. The summed E-state index contributed by atoms with van der Waals surface area (Å²) in [7, 11) is 0. The number of nitrogens with one attached hydrogen (secondary N) is 1. The van der Waals surface area contributed by atoms with Gasteiger partial charge in [0.25, 0.3) is 0 Å². The molecule has 82 valence electrons. The highest BCUT2D eigenvalue weighted by molar-refractivity contribution is 9.08. The van der Waals surface area contributed by atoms with Crippen LogP contribution >= 0.6 is 16.1 Å². The summed E-state index contributed by atoms with van der Waals surface area (Å²) in [5, 5.41) is 17.1. The van der Waals surface area contributed by atoms with Gasteiger partial charge in [-0.3, -0.25) is 9.59 Å². The molecule has 0 spiro atoms. The quantitative estimate of drug-likeness (QED) is 0.481. The van der Waals surface area contributed by atoms with Crippen molar-refractivity contribution in [3.05, 3.63) is 0 Å². The van der Waals surface area contributed by atoms with Crippen molar-refractivity contribution in [3.63, 3.8) is 0 Å². The summed E-state index contributed by atoms with van der Waals surface area (Å²) in [5.74, 6) is -2.05. The van der Waals surface area contributed by atoms with Gasteiger partial charge in [-0.1, -0.05) is 0 Å². The van der Waals surface area contributed by atoms with Crippen LogP contribution in [0, 0.1) is 0 Å². The largest absolute Gasteiger partial charge is 0.480 e. The van der Waals surface area contributed by atoms with Gasteiger partial charge < -0.3 is 15.9 Å². The number of carbonyl (C=O) groups is 2. The number of hydrogen-bond acceptors (Lipinski definition) is 4. The maximum absolute atomic E-state index is 10.5. The Morgan fingerprint density at radius 2 is 1.86 bits per heavy atom. The van der Waals surface area contributed by atoms with Gasteiger partial charge in [0.15, 0.2) is 0 Å². The zero-order valence-electron chi connectivity index (χ0n) is 7.44. The van der Waals surface area contributed by atoms with Crippen LogP contribution in [0.25, 0.3) is 0 Å². The van der Waals surface area contributed by atoms with E-state index in [9.17, 15) is 9.59 Å². The number of carboxylic acid groups (broad SMARTS) is 2. The van der Waals surface area contributed by atoms with Crippen LogP contribution in [0.1, 0.15) is 19.3 Å². The van der Waals surface area contributed by atoms with E-state index in [4.69, 9.17) is 15.9 Å². The van der Waals surface area contributed by atoms with Gasteiger partial charge in [0.1, 0.15) is 12.1 Å². The van der Waals surface area contributed by atoms with Crippen LogP contribution in [-0.2, 0) is 9.59 Å². The van der Waals surface area contributed by atoms with Gasteiger partial charge in [0.05, 0.1) is 0 Å². The summed E-state index contributed by atoms with van der Waals surface area (Å²) in [6.07, 6.45) is 1.05. The zero-order chi connectivity index (χ0) is 11.1. The summed E-state index contributed by atoms with van der Waals surface area (Å²) in [5.41, 5.74) is 5.24. The fraction of sp³-hybridized carbons (Fsp3) is 0.714. The molecule has 0 radical (unpaired) electrons. The SMILES string of the molecule is NC(CCCC(NBr)C(=O)O)C(=O)O. The first-order chi connectivity index (χ1) is 6.49. The molecule has 0 aliphatic heterocycles. The molecule has 0 aliphatic rings. The Hall–Kier alpha value is -0.660. The van der Waals surface area contributed by atoms with E-state index in [1.807, 2.05) is 0 Å². The van der Waals surface area contributed by atoms with E-state index in [0.717, 1.165) is 0 Å². The third-order valence-electron chi connectivity index (χ3n) is 1.75. The lowest BCUT2D eigenvalue weighted by atomic mass is 10.1. The molecule has 14 heavy (non-hydrogen) atoms. The highest BCUT2D eigenvalue weighted by atomic mass is 79.9. The van der Waals surface area contributed by atoms with Gasteiger partial charge in [0.2, 0.25) is 0 Å². The lowest BCUT2D eigenvalue weighted by Crippen LogP contribution is -2.33. The van der Waals surface area contributed by atoms with Crippen molar-refractivity contribution >= 4 is 28.1 Å². The Labute approximate surface area is 89.8 Å². The maximum atomic E-state index is 10.5. The van der Waals surface area contributed by atoms with Crippen LogP contribution in [0.4, 0.5) is 0 Å². The number of hydrogen-bond donors (Lipinski definition) is 4. The van der Waals surface area contributed by atoms with Crippen molar-refractivity contribution in [2.45, 2.75) is 31.3 Å². The second-order valence-electron chi connectivity index (χ2n) is 2.88. The second-order valence-corrected chi connectivity index (χ2v) is 3.33. The zero-order valence-corrected chi connectivity index (χ0v) is 9.03. The van der Waals surface area contributed by atoms with E-state index >= 15 is 0 Å².